The molecule has 0 aromatic heterocycles. The lowest BCUT2D eigenvalue weighted by Gasteiger charge is -2.63. The number of ether oxygens (including phenoxy) is 5. The third-order valence-electron chi connectivity index (χ3n) is 10.6. The van der Waals surface area contributed by atoms with Gasteiger partial charge in [0, 0.05) is 30.8 Å². The second kappa shape index (κ2) is 6.65. The van der Waals surface area contributed by atoms with Crippen molar-refractivity contribution < 1.29 is 23.7 Å². The van der Waals surface area contributed by atoms with Gasteiger partial charge in [0.05, 0.1) is 26.4 Å². The van der Waals surface area contributed by atoms with E-state index in [0.29, 0.717) is 18.1 Å². The average Bonchev–Trinajstić information content (AvgIpc) is 3.44. The van der Waals surface area contributed by atoms with E-state index in [2.05, 4.69) is 6.92 Å². The predicted molar refractivity (Wildman–Crippen MR) is 107 cm³/mol. The largest absolute Gasteiger partial charge is 0.384 e. The van der Waals surface area contributed by atoms with Crippen molar-refractivity contribution in [1.29, 1.82) is 0 Å². The first-order chi connectivity index (χ1) is 14.1. The van der Waals surface area contributed by atoms with Gasteiger partial charge in [-0.2, -0.15) is 0 Å². The fourth-order valence-corrected chi connectivity index (χ4v) is 9.28. The van der Waals surface area contributed by atoms with Gasteiger partial charge in [-0.1, -0.05) is 6.92 Å². The van der Waals surface area contributed by atoms with Crippen LogP contribution in [0.2, 0.25) is 0 Å². The van der Waals surface area contributed by atoms with Crippen LogP contribution < -0.4 is 0 Å². The van der Waals surface area contributed by atoms with Gasteiger partial charge < -0.3 is 23.7 Å². The summed E-state index contributed by atoms with van der Waals surface area (Å²) >= 11 is 0. The molecule has 4 saturated carbocycles. The molecule has 29 heavy (non-hydrogen) atoms. The Morgan fingerprint density at radius 3 is 2.48 bits per heavy atom. The van der Waals surface area contributed by atoms with Gasteiger partial charge in [0.15, 0.2) is 5.79 Å². The molecule has 0 radical (unpaired) electrons. The summed E-state index contributed by atoms with van der Waals surface area (Å²) in [5.74, 6) is 2.73. The maximum absolute atomic E-state index is 6.32. The average molecular weight is 407 g/mol. The van der Waals surface area contributed by atoms with E-state index in [1.165, 1.54) is 44.9 Å². The lowest BCUT2D eigenvalue weighted by atomic mass is 9.43. The summed E-state index contributed by atoms with van der Waals surface area (Å²) < 4.78 is 30.3. The van der Waals surface area contributed by atoms with Crippen LogP contribution in [0.15, 0.2) is 0 Å². The lowest BCUT2D eigenvalue weighted by Crippen LogP contribution is -2.60. The van der Waals surface area contributed by atoms with Crippen LogP contribution in [0, 0.1) is 34.5 Å². The van der Waals surface area contributed by atoms with Crippen molar-refractivity contribution in [3.05, 3.63) is 0 Å². The summed E-state index contributed by atoms with van der Waals surface area (Å²) in [7, 11) is 1.91. The molecule has 7 atom stereocenters. The maximum atomic E-state index is 6.32. The van der Waals surface area contributed by atoms with Crippen LogP contribution in [-0.4, -0.2) is 51.7 Å². The predicted octanol–water partition coefficient (Wildman–Crippen LogP) is 4.14. The molecule has 0 amide bonds. The minimum absolute atomic E-state index is 0.0178. The van der Waals surface area contributed by atoms with Crippen molar-refractivity contribution in [2.24, 2.45) is 34.5 Å². The van der Waals surface area contributed by atoms with E-state index in [4.69, 9.17) is 23.7 Å². The third-order valence-corrected chi connectivity index (χ3v) is 10.6. The van der Waals surface area contributed by atoms with E-state index in [1.807, 2.05) is 7.11 Å². The number of methoxy groups -OCH3 is 1. The summed E-state index contributed by atoms with van der Waals surface area (Å²) in [4.78, 5) is 0. The Labute approximate surface area is 175 Å². The van der Waals surface area contributed by atoms with E-state index >= 15 is 0 Å². The molecule has 2 heterocycles. The molecule has 2 saturated heterocycles. The fourth-order valence-electron chi connectivity index (χ4n) is 9.28. The van der Waals surface area contributed by atoms with E-state index in [9.17, 15) is 0 Å². The molecule has 2 spiro atoms. The van der Waals surface area contributed by atoms with Gasteiger partial charge in [-0.15, -0.1) is 0 Å². The van der Waals surface area contributed by atoms with Gasteiger partial charge in [0.2, 0.25) is 0 Å². The molecule has 0 N–H and O–H groups in total. The molecule has 0 aromatic rings. The summed E-state index contributed by atoms with van der Waals surface area (Å²) in [5, 5.41) is 0. The number of hydrogen-bond acceptors (Lipinski definition) is 5. The second-order valence-electron chi connectivity index (χ2n) is 11.2. The summed E-state index contributed by atoms with van der Waals surface area (Å²) in [6, 6.07) is 0. The van der Waals surface area contributed by atoms with Crippen molar-refractivity contribution in [2.45, 2.75) is 76.1 Å². The molecule has 5 heteroatoms. The zero-order valence-corrected chi connectivity index (χ0v) is 18.3. The van der Waals surface area contributed by atoms with Crippen molar-refractivity contribution >= 4 is 0 Å². The Hall–Kier alpha value is -0.200. The molecule has 4 aliphatic carbocycles. The van der Waals surface area contributed by atoms with E-state index in [1.54, 1.807) is 0 Å². The first kappa shape index (κ1) is 19.5. The highest BCUT2D eigenvalue weighted by Gasteiger charge is 2.68. The normalized spacial score (nSPS) is 53.2. The van der Waals surface area contributed by atoms with E-state index < -0.39 is 0 Å². The topological polar surface area (TPSA) is 46.2 Å². The quantitative estimate of drug-likeness (QED) is 0.690. The first-order valence-corrected chi connectivity index (χ1v) is 12.1. The van der Waals surface area contributed by atoms with Crippen LogP contribution >= 0.6 is 0 Å². The first-order valence-electron chi connectivity index (χ1n) is 12.1. The standard InChI is InChI=1S/C24H38O5/c1-21-7-5-20-18(19(21)6-8-23(21)15-26-16-29-23)4-3-17-13-24(27-11-12-28-24)10-9-22(17,20)14-25-2/h17-20H,3-16H2,1-2H3/t17-,18+,19+,20+,21+,22-,23?/m1/s1. The Morgan fingerprint density at radius 2 is 1.72 bits per heavy atom. The van der Waals surface area contributed by atoms with E-state index in [0.717, 1.165) is 57.0 Å². The smallest absolute Gasteiger partial charge is 0.168 e. The van der Waals surface area contributed by atoms with Crippen LogP contribution in [-0.2, 0) is 23.7 Å². The Morgan fingerprint density at radius 1 is 0.897 bits per heavy atom. The zero-order valence-electron chi connectivity index (χ0n) is 18.3. The van der Waals surface area contributed by atoms with Gasteiger partial charge in [-0.05, 0) is 68.6 Å². The van der Waals surface area contributed by atoms with Gasteiger partial charge in [-0.3, -0.25) is 0 Å². The van der Waals surface area contributed by atoms with Crippen LogP contribution in [0.4, 0.5) is 0 Å². The molecule has 1 unspecified atom stereocenters. The highest BCUT2D eigenvalue weighted by Crippen LogP contribution is 2.70. The maximum Gasteiger partial charge on any atom is 0.168 e. The molecule has 6 fully saturated rings. The molecule has 0 aromatic carbocycles. The minimum Gasteiger partial charge on any atom is -0.384 e. The second-order valence-corrected chi connectivity index (χ2v) is 11.2. The Kier molecular flexibility index (Phi) is 4.47. The highest BCUT2D eigenvalue weighted by molar-refractivity contribution is 5.16. The fraction of sp³-hybridized carbons (Fsp3) is 1.00. The van der Waals surface area contributed by atoms with Gasteiger partial charge in [-0.25, -0.2) is 0 Å². The minimum atomic E-state index is -0.287. The molecule has 0 bridgehead atoms. The molecule has 6 rings (SSSR count). The summed E-state index contributed by atoms with van der Waals surface area (Å²) in [5.41, 5.74) is 0.567. The van der Waals surface area contributed by atoms with Crippen LogP contribution in [0.5, 0.6) is 0 Å². The molecule has 2 aliphatic heterocycles. The number of hydrogen-bond donors (Lipinski definition) is 0. The molecule has 6 aliphatic rings. The van der Waals surface area contributed by atoms with E-state index in [-0.39, 0.29) is 16.8 Å². The van der Waals surface area contributed by atoms with Crippen molar-refractivity contribution in [3.63, 3.8) is 0 Å². The van der Waals surface area contributed by atoms with Crippen molar-refractivity contribution in [1.82, 2.24) is 0 Å². The monoisotopic (exact) mass is 406 g/mol. The third kappa shape index (κ3) is 2.51. The number of fused-ring (bicyclic) bond motifs is 6. The molecule has 5 nitrogen and oxygen atoms in total. The molecule has 164 valence electrons. The van der Waals surface area contributed by atoms with Crippen LogP contribution in [0.25, 0.3) is 0 Å². The van der Waals surface area contributed by atoms with Gasteiger partial charge in [0.25, 0.3) is 0 Å². The molecular formula is C24H38O5. The molecular weight excluding hydrogens is 368 g/mol. The van der Waals surface area contributed by atoms with Crippen molar-refractivity contribution in [2.75, 3.05) is 40.3 Å². The lowest BCUT2D eigenvalue weighted by molar-refractivity contribution is -0.244. The Bertz CT molecular complexity index is 639. The zero-order chi connectivity index (χ0) is 19.7. The SMILES string of the molecule is COC[C@]12CCC3(C[C@H]1CC[C@@H]1[C@@H]2CC[C@@]2(C)[C@H]1CCC21COCO1)OCCO3. The van der Waals surface area contributed by atoms with Crippen LogP contribution in [0.1, 0.15) is 64.7 Å². The van der Waals surface area contributed by atoms with Crippen molar-refractivity contribution in [3.8, 4) is 0 Å². The summed E-state index contributed by atoms with van der Waals surface area (Å²) in [6.45, 7) is 6.26. The van der Waals surface area contributed by atoms with Gasteiger partial charge in [0.1, 0.15) is 12.4 Å². The van der Waals surface area contributed by atoms with Gasteiger partial charge >= 0.3 is 0 Å². The number of rotatable bonds is 2. The Balaban J connectivity index is 1.31. The highest BCUT2D eigenvalue weighted by atomic mass is 16.7. The van der Waals surface area contributed by atoms with Crippen LogP contribution in [0.3, 0.4) is 0 Å². The summed E-state index contributed by atoms with van der Waals surface area (Å²) in [6.07, 6.45) is 11.1.